The maximum atomic E-state index is 5.83. The predicted molar refractivity (Wildman–Crippen MR) is 108 cm³/mol. The molecule has 0 saturated carbocycles. The zero-order valence-electron chi connectivity index (χ0n) is 16.3. The fourth-order valence-electron chi connectivity index (χ4n) is 3.34. The Bertz CT molecular complexity index is 952. The zero-order valence-corrected chi connectivity index (χ0v) is 16.3. The van der Waals surface area contributed by atoms with Crippen molar-refractivity contribution >= 4 is 0 Å². The second-order valence-corrected chi connectivity index (χ2v) is 6.84. The fourth-order valence-corrected chi connectivity index (χ4v) is 3.34. The van der Waals surface area contributed by atoms with Crippen molar-refractivity contribution in [2.24, 2.45) is 7.05 Å². The number of hydrogen-bond donors (Lipinski definition) is 1. The van der Waals surface area contributed by atoms with Gasteiger partial charge in [-0.25, -0.2) is 0 Å². The summed E-state index contributed by atoms with van der Waals surface area (Å²) in [4.78, 5) is 0. The third-order valence-electron chi connectivity index (χ3n) is 4.70. The lowest BCUT2D eigenvalue weighted by Crippen LogP contribution is -2.13. The molecule has 1 aliphatic heterocycles. The Hall–Kier alpha value is -2.99. The van der Waals surface area contributed by atoms with E-state index in [0.717, 1.165) is 53.6 Å². The average Bonchev–Trinajstić information content (AvgIpc) is 2.93. The first kappa shape index (κ1) is 18.4. The second-order valence-electron chi connectivity index (χ2n) is 6.84. The molecule has 4 rings (SSSR count). The van der Waals surface area contributed by atoms with Gasteiger partial charge in [0.05, 0.1) is 26.0 Å². The molecule has 1 N–H and O–H groups in total. The van der Waals surface area contributed by atoms with Crippen molar-refractivity contribution in [3.63, 3.8) is 0 Å². The van der Waals surface area contributed by atoms with Gasteiger partial charge in [0.2, 0.25) is 0 Å². The molecule has 1 aromatic heterocycles. The van der Waals surface area contributed by atoms with Crippen molar-refractivity contribution in [3.8, 4) is 28.5 Å². The molecule has 0 spiro atoms. The minimum Gasteiger partial charge on any atom is -0.497 e. The summed E-state index contributed by atoms with van der Waals surface area (Å²) >= 11 is 0. The van der Waals surface area contributed by atoms with E-state index >= 15 is 0 Å². The normalized spacial score (nSPS) is 13.2. The van der Waals surface area contributed by atoms with Crippen molar-refractivity contribution in [1.29, 1.82) is 0 Å². The Morgan fingerprint density at radius 1 is 1.07 bits per heavy atom. The third-order valence-corrected chi connectivity index (χ3v) is 4.70. The third kappa shape index (κ3) is 4.12. The molecule has 2 aromatic carbocycles. The van der Waals surface area contributed by atoms with Crippen LogP contribution >= 0.6 is 0 Å². The van der Waals surface area contributed by atoms with Gasteiger partial charge in [0.1, 0.15) is 5.75 Å². The molecular weight excluding hydrogens is 354 g/mol. The summed E-state index contributed by atoms with van der Waals surface area (Å²) in [6.07, 6.45) is 2.95. The van der Waals surface area contributed by atoms with Gasteiger partial charge in [-0.05, 0) is 35.9 Å². The van der Waals surface area contributed by atoms with E-state index in [1.165, 1.54) is 5.56 Å². The van der Waals surface area contributed by atoms with Crippen molar-refractivity contribution in [2.75, 3.05) is 20.3 Å². The molecule has 0 aliphatic carbocycles. The number of methoxy groups -OCH3 is 1. The van der Waals surface area contributed by atoms with Gasteiger partial charge >= 0.3 is 0 Å². The molecule has 2 heterocycles. The lowest BCUT2D eigenvalue weighted by molar-refractivity contribution is 0.297. The number of aryl methyl sites for hydroxylation is 1. The summed E-state index contributed by atoms with van der Waals surface area (Å²) in [6, 6.07) is 14.1. The molecule has 0 bridgehead atoms. The van der Waals surface area contributed by atoms with Crippen LogP contribution < -0.4 is 19.5 Å². The Kier molecular flexibility index (Phi) is 5.48. The van der Waals surface area contributed by atoms with Gasteiger partial charge in [-0.3, -0.25) is 4.68 Å². The summed E-state index contributed by atoms with van der Waals surface area (Å²) in [5.74, 6) is 2.46. The summed E-state index contributed by atoms with van der Waals surface area (Å²) in [6.45, 7) is 2.84. The number of hydrogen-bond acceptors (Lipinski definition) is 5. The highest BCUT2D eigenvalue weighted by Gasteiger charge is 2.15. The van der Waals surface area contributed by atoms with Crippen molar-refractivity contribution in [3.05, 3.63) is 59.8 Å². The SMILES string of the molecule is COc1cccc(CNCc2cn(C)nc2-c2ccc3c(c2)OCCCO3)c1. The smallest absolute Gasteiger partial charge is 0.161 e. The van der Waals surface area contributed by atoms with E-state index in [0.29, 0.717) is 13.2 Å². The fraction of sp³-hybridized carbons (Fsp3) is 0.318. The Morgan fingerprint density at radius 2 is 1.93 bits per heavy atom. The molecule has 6 heteroatoms. The topological polar surface area (TPSA) is 57.5 Å². The van der Waals surface area contributed by atoms with Crippen molar-refractivity contribution in [2.45, 2.75) is 19.5 Å². The average molecular weight is 379 g/mol. The van der Waals surface area contributed by atoms with Crippen LogP contribution in [-0.2, 0) is 20.1 Å². The van der Waals surface area contributed by atoms with Gasteiger partial charge in [-0.1, -0.05) is 12.1 Å². The first-order valence-electron chi connectivity index (χ1n) is 9.49. The molecule has 6 nitrogen and oxygen atoms in total. The van der Waals surface area contributed by atoms with Crippen LogP contribution in [0.2, 0.25) is 0 Å². The highest BCUT2D eigenvalue weighted by atomic mass is 16.5. The summed E-state index contributed by atoms with van der Waals surface area (Å²) < 4.78 is 18.7. The quantitative estimate of drug-likeness (QED) is 0.710. The van der Waals surface area contributed by atoms with Crippen LogP contribution in [0.1, 0.15) is 17.5 Å². The molecule has 28 heavy (non-hydrogen) atoms. The van der Waals surface area contributed by atoms with Crippen molar-refractivity contribution in [1.82, 2.24) is 15.1 Å². The highest BCUT2D eigenvalue weighted by molar-refractivity contribution is 5.66. The van der Waals surface area contributed by atoms with Crippen LogP contribution in [0, 0.1) is 0 Å². The molecule has 0 fully saturated rings. The first-order valence-corrected chi connectivity index (χ1v) is 9.49. The lowest BCUT2D eigenvalue weighted by Gasteiger charge is -2.10. The maximum Gasteiger partial charge on any atom is 0.161 e. The summed E-state index contributed by atoms with van der Waals surface area (Å²) in [5.41, 5.74) is 4.31. The van der Waals surface area contributed by atoms with Crippen LogP contribution in [0.25, 0.3) is 11.3 Å². The van der Waals surface area contributed by atoms with Crippen LogP contribution in [0.5, 0.6) is 17.2 Å². The van der Waals surface area contributed by atoms with Crippen LogP contribution in [0.15, 0.2) is 48.7 Å². The Labute approximate surface area is 165 Å². The number of benzene rings is 2. The molecular formula is C22H25N3O3. The van der Waals surface area contributed by atoms with Gasteiger partial charge in [-0.2, -0.15) is 5.10 Å². The summed E-state index contributed by atoms with van der Waals surface area (Å²) in [7, 11) is 3.63. The molecule has 0 radical (unpaired) electrons. The van der Waals surface area contributed by atoms with Crippen LogP contribution in [0.4, 0.5) is 0 Å². The maximum absolute atomic E-state index is 5.83. The number of rotatable bonds is 6. The largest absolute Gasteiger partial charge is 0.497 e. The molecule has 0 atom stereocenters. The molecule has 3 aromatic rings. The molecule has 146 valence electrons. The van der Waals surface area contributed by atoms with Crippen molar-refractivity contribution < 1.29 is 14.2 Å². The molecule has 0 unspecified atom stereocenters. The van der Waals surface area contributed by atoms with Crippen LogP contribution in [0.3, 0.4) is 0 Å². The minimum atomic E-state index is 0.674. The number of ether oxygens (including phenoxy) is 3. The van der Waals surface area contributed by atoms with Gasteiger partial charge in [0.25, 0.3) is 0 Å². The van der Waals surface area contributed by atoms with E-state index in [-0.39, 0.29) is 0 Å². The first-order chi connectivity index (χ1) is 13.7. The second kappa shape index (κ2) is 8.35. The Balaban J connectivity index is 1.50. The van der Waals surface area contributed by atoms with E-state index in [4.69, 9.17) is 14.2 Å². The lowest BCUT2D eigenvalue weighted by atomic mass is 10.1. The molecule has 0 amide bonds. The molecule has 1 aliphatic rings. The van der Waals surface area contributed by atoms with Gasteiger partial charge in [0, 0.05) is 43.9 Å². The highest BCUT2D eigenvalue weighted by Crippen LogP contribution is 2.34. The number of nitrogens with one attached hydrogen (secondary N) is 1. The van der Waals surface area contributed by atoms with Crippen LogP contribution in [-0.4, -0.2) is 30.1 Å². The van der Waals surface area contributed by atoms with E-state index in [1.54, 1.807) is 7.11 Å². The van der Waals surface area contributed by atoms with Gasteiger partial charge in [0.15, 0.2) is 11.5 Å². The summed E-state index contributed by atoms with van der Waals surface area (Å²) in [5, 5.41) is 8.17. The van der Waals surface area contributed by atoms with E-state index in [9.17, 15) is 0 Å². The monoisotopic (exact) mass is 379 g/mol. The molecule has 0 saturated heterocycles. The Morgan fingerprint density at radius 3 is 2.79 bits per heavy atom. The van der Waals surface area contributed by atoms with E-state index in [1.807, 2.05) is 48.1 Å². The predicted octanol–water partition coefficient (Wildman–Crippen LogP) is 3.55. The number of fused-ring (bicyclic) bond motifs is 1. The number of aromatic nitrogens is 2. The standard InChI is InChI=1S/C22H25N3O3/c1-25-15-18(14-23-13-16-5-3-6-19(11-16)26-2)22(24-25)17-7-8-20-21(12-17)28-10-4-9-27-20/h3,5-8,11-12,15,23H,4,9-10,13-14H2,1-2H3. The number of nitrogens with zero attached hydrogens (tertiary/aromatic N) is 2. The van der Waals surface area contributed by atoms with Gasteiger partial charge < -0.3 is 19.5 Å². The van der Waals surface area contributed by atoms with E-state index in [2.05, 4.69) is 22.7 Å². The van der Waals surface area contributed by atoms with E-state index < -0.39 is 0 Å². The minimum absolute atomic E-state index is 0.674. The van der Waals surface area contributed by atoms with Gasteiger partial charge in [-0.15, -0.1) is 0 Å². The zero-order chi connectivity index (χ0) is 19.3.